The molecule has 3 heterocycles. The fraction of sp³-hybridized carbons (Fsp3) is 0.545. The first-order valence-electron chi connectivity index (χ1n) is 11.0. The zero-order valence-electron chi connectivity index (χ0n) is 17.9. The molecule has 2 fully saturated rings. The van der Waals surface area contributed by atoms with Crippen LogP contribution in [0.1, 0.15) is 44.2 Å². The van der Waals surface area contributed by atoms with Crippen molar-refractivity contribution in [1.29, 1.82) is 0 Å². The van der Waals surface area contributed by atoms with E-state index in [-0.39, 0.29) is 10.8 Å². The molecule has 31 heavy (non-hydrogen) atoms. The van der Waals surface area contributed by atoms with Crippen LogP contribution in [0, 0.1) is 12.8 Å². The second kappa shape index (κ2) is 9.40. The summed E-state index contributed by atoms with van der Waals surface area (Å²) in [6, 6.07) is 3.62. The van der Waals surface area contributed by atoms with Crippen LogP contribution in [-0.4, -0.2) is 64.7 Å². The first-order chi connectivity index (χ1) is 14.9. The Hall–Kier alpha value is -2.39. The van der Waals surface area contributed by atoms with Gasteiger partial charge in [-0.1, -0.05) is 19.3 Å². The smallest absolute Gasteiger partial charge is 0.246 e. The zero-order chi connectivity index (χ0) is 21.8. The number of carbonyl (C=O) groups excluding carboxylic acids is 1. The van der Waals surface area contributed by atoms with Crippen LogP contribution in [0.2, 0.25) is 0 Å². The molecule has 9 heteroatoms. The van der Waals surface area contributed by atoms with Crippen LogP contribution in [-0.2, 0) is 14.8 Å². The van der Waals surface area contributed by atoms with Gasteiger partial charge in [-0.15, -0.1) is 0 Å². The van der Waals surface area contributed by atoms with E-state index in [0.717, 1.165) is 18.4 Å². The van der Waals surface area contributed by atoms with E-state index in [2.05, 4.69) is 15.0 Å². The van der Waals surface area contributed by atoms with Gasteiger partial charge in [0.05, 0.1) is 11.9 Å². The molecule has 1 aliphatic heterocycles. The summed E-state index contributed by atoms with van der Waals surface area (Å²) in [7, 11) is -3.71. The number of hydrogen-bond acceptors (Lipinski definition) is 6. The van der Waals surface area contributed by atoms with Crippen molar-refractivity contribution in [1.82, 2.24) is 24.2 Å². The largest absolute Gasteiger partial charge is 0.340 e. The summed E-state index contributed by atoms with van der Waals surface area (Å²) in [5.74, 6) is 1.09. The van der Waals surface area contributed by atoms with E-state index < -0.39 is 10.0 Å². The second-order valence-electron chi connectivity index (χ2n) is 8.38. The van der Waals surface area contributed by atoms with Crippen molar-refractivity contribution in [3.8, 4) is 11.4 Å². The Labute approximate surface area is 183 Å². The Bertz CT molecular complexity index is 1010. The Morgan fingerprint density at radius 2 is 1.84 bits per heavy atom. The number of aromatic nitrogens is 3. The molecular formula is C22H29N5O3S. The Morgan fingerprint density at radius 1 is 1.10 bits per heavy atom. The van der Waals surface area contributed by atoms with E-state index >= 15 is 0 Å². The van der Waals surface area contributed by atoms with E-state index in [1.54, 1.807) is 25.4 Å². The number of amides is 1. The Balaban J connectivity index is 1.40. The Kier molecular flexibility index (Phi) is 6.62. The summed E-state index contributed by atoms with van der Waals surface area (Å²) in [5, 5.41) is 0. The highest BCUT2D eigenvalue weighted by Gasteiger charge is 2.32. The molecule has 0 bridgehead atoms. The molecule has 0 unspecified atom stereocenters. The van der Waals surface area contributed by atoms with Crippen LogP contribution >= 0.6 is 0 Å². The van der Waals surface area contributed by atoms with E-state index in [1.165, 1.54) is 29.8 Å². The molecule has 1 aliphatic carbocycles. The molecule has 0 radical (unpaired) electrons. The van der Waals surface area contributed by atoms with Crippen molar-refractivity contribution in [3.05, 3.63) is 36.4 Å². The van der Waals surface area contributed by atoms with Crippen LogP contribution < -0.4 is 0 Å². The maximum Gasteiger partial charge on any atom is 0.246 e. The number of pyridine rings is 1. The van der Waals surface area contributed by atoms with Crippen molar-refractivity contribution in [3.63, 3.8) is 0 Å². The number of nitrogens with zero attached hydrogens (tertiary/aromatic N) is 5. The van der Waals surface area contributed by atoms with Crippen molar-refractivity contribution in [2.45, 2.75) is 50.3 Å². The molecule has 0 N–H and O–H groups in total. The van der Waals surface area contributed by atoms with Gasteiger partial charge in [-0.25, -0.2) is 18.4 Å². The van der Waals surface area contributed by atoms with E-state index in [0.29, 0.717) is 50.0 Å². The van der Waals surface area contributed by atoms with Crippen molar-refractivity contribution < 1.29 is 13.2 Å². The molecule has 4 rings (SSSR count). The normalized spacial score (nSPS) is 18.8. The van der Waals surface area contributed by atoms with E-state index in [1.807, 2.05) is 11.0 Å². The third kappa shape index (κ3) is 4.93. The average Bonchev–Trinajstić information content (AvgIpc) is 2.80. The lowest BCUT2D eigenvalue weighted by Crippen LogP contribution is -2.50. The molecular weight excluding hydrogens is 414 g/mol. The predicted molar refractivity (Wildman–Crippen MR) is 117 cm³/mol. The van der Waals surface area contributed by atoms with Crippen LogP contribution in [0.4, 0.5) is 0 Å². The average molecular weight is 444 g/mol. The molecule has 1 saturated heterocycles. The van der Waals surface area contributed by atoms with Crippen molar-refractivity contribution in [2.24, 2.45) is 5.92 Å². The standard InChI is InChI=1S/C22H29N5O3S/c1-17-20(16-24-22(25-17)19-8-5-9-23-15-19)31(29,30)27-12-10-26(11-13-27)21(28)14-18-6-3-2-4-7-18/h5,8-9,15-16,18H,2-4,6-7,10-14H2,1H3. The first-order valence-corrected chi connectivity index (χ1v) is 12.4. The van der Waals surface area contributed by atoms with Crippen molar-refractivity contribution in [2.75, 3.05) is 26.2 Å². The van der Waals surface area contributed by atoms with Gasteiger partial charge in [-0.05, 0) is 37.8 Å². The number of rotatable bonds is 5. The highest BCUT2D eigenvalue weighted by molar-refractivity contribution is 7.89. The van der Waals surface area contributed by atoms with Gasteiger partial charge >= 0.3 is 0 Å². The molecule has 0 atom stereocenters. The third-order valence-corrected chi connectivity index (χ3v) is 8.25. The number of hydrogen-bond donors (Lipinski definition) is 0. The molecule has 2 aromatic heterocycles. The minimum Gasteiger partial charge on any atom is -0.340 e. The summed E-state index contributed by atoms with van der Waals surface area (Å²) < 4.78 is 27.8. The van der Waals surface area contributed by atoms with Crippen LogP contribution in [0.15, 0.2) is 35.6 Å². The quantitative estimate of drug-likeness (QED) is 0.705. The molecule has 166 valence electrons. The van der Waals surface area contributed by atoms with Gasteiger partial charge in [0.15, 0.2) is 5.82 Å². The lowest BCUT2D eigenvalue weighted by Gasteiger charge is -2.35. The first kappa shape index (κ1) is 21.8. The summed E-state index contributed by atoms with van der Waals surface area (Å²) >= 11 is 0. The maximum absolute atomic E-state index is 13.2. The van der Waals surface area contributed by atoms with Gasteiger partial charge in [0, 0.05) is 50.6 Å². The minimum atomic E-state index is -3.71. The lowest BCUT2D eigenvalue weighted by atomic mass is 9.86. The molecule has 0 spiro atoms. The topological polar surface area (TPSA) is 96.4 Å². The summed E-state index contributed by atoms with van der Waals surface area (Å²) in [6.07, 6.45) is 11.2. The van der Waals surface area contributed by atoms with E-state index in [9.17, 15) is 13.2 Å². The molecule has 8 nitrogen and oxygen atoms in total. The SMILES string of the molecule is Cc1nc(-c2cccnc2)ncc1S(=O)(=O)N1CCN(C(=O)CC2CCCCC2)CC1. The van der Waals surface area contributed by atoms with Gasteiger partial charge < -0.3 is 4.90 Å². The molecule has 1 saturated carbocycles. The van der Waals surface area contributed by atoms with Crippen LogP contribution in [0.5, 0.6) is 0 Å². The number of sulfonamides is 1. The Morgan fingerprint density at radius 3 is 2.48 bits per heavy atom. The van der Waals surface area contributed by atoms with Gasteiger partial charge in [0.1, 0.15) is 4.90 Å². The van der Waals surface area contributed by atoms with E-state index in [4.69, 9.17) is 0 Å². The monoisotopic (exact) mass is 443 g/mol. The van der Waals surface area contributed by atoms with Gasteiger partial charge in [-0.3, -0.25) is 9.78 Å². The highest BCUT2D eigenvalue weighted by atomic mass is 32.2. The number of piperazine rings is 1. The second-order valence-corrected chi connectivity index (χ2v) is 10.3. The fourth-order valence-electron chi connectivity index (χ4n) is 4.43. The summed E-state index contributed by atoms with van der Waals surface area (Å²) in [4.78, 5) is 27.3. The molecule has 2 aromatic rings. The fourth-order valence-corrected chi connectivity index (χ4v) is 5.95. The summed E-state index contributed by atoms with van der Waals surface area (Å²) in [5.41, 5.74) is 1.14. The third-order valence-electron chi connectivity index (χ3n) is 6.25. The minimum absolute atomic E-state index is 0.113. The lowest BCUT2D eigenvalue weighted by molar-refractivity contribution is -0.133. The van der Waals surface area contributed by atoms with Crippen LogP contribution in [0.3, 0.4) is 0 Å². The molecule has 1 amide bonds. The van der Waals surface area contributed by atoms with Gasteiger partial charge in [-0.2, -0.15) is 4.31 Å². The van der Waals surface area contributed by atoms with Gasteiger partial charge in [0.25, 0.3) is 0 Å². The predicted octanol–water partition coefficient (Wildman–Crippen LogP) is 2.65. The summed E-state index contributed by atoms with van der Waals surface area (Å²) in [6.45, 7) is 3.13. The van der Waals surface area contributed by atoms with Crippen LogP contribution in [0.25, 0.3) is 11.4 Å². The number of aryl methyl sites for hydroxylation is 1. The number of carbonyl (C=O) groups is 1. The zero-order valence-corrected chi connectivity index (χ0v) is 18.7. The van der Waals surface area contributed by atoms with Crippen molar-refractivity contribution >= 4 is 15.9 Å². The maximum atomic E-state index is 13.2. The van der Waals surface area contributed by atoms with Gasteiger partial charge in [0.2, 0.25) is 15.9 Å². The molecule has 2 aliphatic rings. The molecule has 0 aromatic carbocycles. The highest BCUT2D eigenvalue weighted by Crippen LogP contribution is 2.27.